The van der Waals surface area contributed by atoms with Gasteiger partial charge in [0.2, 0.25) is 0 Å². The van der Waals surface area contributed by atoms with E-state index in [2.05, 4.69) is 5.32 Å². The van der Waals surface area contributed by atoms with Crippen molar-refractivity contribution in [3.63, 3.8) is 0 Å². The Morgan fingerprint density at radius 2 is 1.88 bits per heavy atom. The number of fused-ring (bicyclic) bond motifs is 1. The zero-order chi connectivity index (χ0) is 17.8. The fraction of sp³-hybridized carbons (Fsp3) is 0.300. The molecule has 5 nitrogen and oxygen atoms in total. The fourth-order valence-electron chi connectivity index (χ4n) is 2.81. The van der Waals surface area contributed by atoms with Gasteiger partial charge in [0.15, 0.2) is 11.9 Å². The lowest BCUT2D eigenvalue weighted by atomic mass is 10.0. The Morgan fingerprint density at radius 3 is 2.60 bits per heavy atom. The van der Waals surface area contributed by atoms with Crippen LogP contribution in [0.4, 0.5) is 0 Å². The molecule has 130 valence electrons. The molecule has 0 fully saturated rings. The zero-order valence-electron chi connectivity index (χ0n) is 14.3. The molecule has 0 saturated heterocycles. The Bertz CT molecular complexity index is 770. The van der Waals surface area contributed by atoms with Crippen molar-refractivity contribution < 1.29 is 19.1 Å². The summed E-state index contributed by atoms with van der Waals surface area (Å²) in [6.07, 6.45) is 0.0844. The number of ether oxygens (including phenoxy) is 2. The maximum absolute atomic E-state index is 12.5. The van der Waals surface area contributed by atoms with Crippen LogP contribution in [0, 0.1) is 0 Å². The first kappa shape index (κ1) is 17.0. The van der Waals surface area contributed by atoms with Crippen LogP contribution in [0.5, 0.6) is 11.5 Å². The molecule has 25 heavy (non-hydrogen) atoms. The van der Waals surface area contributed by atoms with E-state index in [1.807, 2.05) is 24.3 Å². The Balaban J connectivity index is 1.62. The van der Waals surface area contributed by atoms with E-state index in [-0.39, 0.29) is 17.7 Å². The van der Waals surface area contributed by atoms with Crippen LogP contribution in [0.15, 0.2) is 48.5 Å². The van der Waals surface area contributed by atoms with Crippen molar-refractivity contribution in [2.24, 2.45) is 0 Å². The third-order valence-electron chi connectivity index (χ3n) is 4.22. The summed E-state index contributed by atoms with van der Waals surface area (Å²) in [6.45, 7) is 3.79. The summed E-state index contributed by atoms with van der Waals surface area (Å²) in [4.78, 5) is 23.8. The Morgan fingerprint density at radius 1 is 1.16 bits per heavy atom. The largest absolute Gasteiger partial charge is 0.493 e. The normalized spacial score (nSPS) is 17.0. The minimum absolute atomic E-state index is 0.00414. The number of rotatable bonds is 5. The van der Waals surface area contributed by atoms with Crippen molar-refractivity contribution in [2.45, 2.75) is 32.4 Å². The average Bonchev–Trinajstić information content (AvgIpc) is 2.62. The second-order valence-electron chi connectivity index (χ2n) is 6.08. The van der Waals surface area contributed by atoms with Gasteiger partial charge in [0.1, 0.15) is 11.5 Å². The van der Waals surface area contributed by atoms with Gasteiger partial charge < -0.3 is 14.8 Å². The zero-order valence-corrected chi connectivity index (χ0v) is 14.3. The molecule has 0 aliphatic carbocycles. The summed E-state index contributed by atoms with van der Waals surface area (Å²) in [7, 11) is 0. The number of ketones is 1. The molecule has 2 unspecified atom stereocenters. The van der Waals surface area contributed by atoms with Gasteiger partial charge in [-0.3, -0.25) is 9.59 Å². The number of carbonyl (C=O) groups is 2. The van der Waals surface area contributed by atoms with Gasteiger partial charge in [-0.2, -0.15) is 0 Å². The smallest absolute Gasteiger partial charge is 0.261 e. The highest BCUT2D eigenvalue weighted by molar-refractivity contribution is 5.94. The number of hydrogen-bond donors (Lipinski definition) is 1. The maximum Gasteiger partial charge on any atom is 0.261 e. The summed E-state index contributed by atoms with van der Waals surface area (Å²) < 4.78 is 11.3. The summed E-state index contributed by atoms with van der Waals surface area (Å²) in [6, 6.07) is 14.4. The first-order valence-corrected chi connectivity index (χ1v) is 8.34. The second-order valence-corrected chi connectivity index (χ2v) is 6.08. The van der Waals surface area contributed by atoms with E-state index in [0.29, 0.717) is 17.9 Å². The van der Waals surface area contributed by atoms with Gasteiger partial charge in [0.25, 0.3) is 5.91 Å². The SMILES string of the molecule is CC(=O)c1ccc(OC(C)C(=O)NC2CCOc3ccccc32)cc1. The van der Waals surface area contributed by atoms with E-state index in [1.54, 1.807) is 31.2 Å². The molecule has 2 aromatic carbocycles. The molecule has 1 N–H and O–H groups in total. The molecule has 1 aliphatic heterocycles. The first-order valence-electron chi connectivity index (χ1n) is 8.34. The lowest BCUT2D eigenvalue weighted by molar-refractivity contribution is -0.128. The minimum Gasteiger partial charge on any atom is -0.493 e. The number of para-hydroxylation sites is 1. The fourth-order valence-corrected chi connectivity index (χ4v) is 2.81. The first-order chi connectivity index (χ1) is 12.0. The lowest BCUT2D eigenvalue weighted by Gasteiger charge is -2.27. The van der Waals surface area contributed by atoms with Gasteiger partial charge >= 0.3 is 0 Å². The van der Waals surface area contributed by atoms with Crippen LogP contribution in [0.3, 0.4) is 0 Å². The van der Waals surface area contributed by atoms with Crippen LogP contribution in [0.1, 0.15) is 42.2 Å². The third-order valence-corrected chi connectivity index (χ3v) is 4.22. The highest BCUT2D eigenvalue weighted by Crippen LogP contribution is 2.31. The number of Topliss-reactive ketones (excluding diaryl/α,β-unsaturated/α-hetero) is 1. The van der Waals surface area contributed by atoms with Crippen molar-refractivity contribution in [1.82, 2.24) is 5.32 Å². The Kier molecular flexibility index (Phi) is 5.03. The van der Waals surface area contributed by atoms with Crippen molar-refractivity contribution >= 4 is 11.7 Å². The van der Waals surface area contributed by atoms with E-state index in [4.69, 9.17) is 9.47 Å². The third kappa shape index (κ3) is 3.99. The predicted molar refractivity (Wildman–Crippen MR) is 94.0 cm³/mol. The summed E-state index contributed by atoms with van der Waals surface area (Å²) in [5.74, 6) is 1.18. The molecule has 3 rings (SSSR count). The van der Waals surface area contributed by atoms with Crippen LogP contribution in [-0.2, 0) is 4.79 Å². The molecule has 0 bridgehead atoms. The quantitative estimate of drug-likeness (QED) is 0.849. The van der Waals surface area contributed by atoms with Gasteiger partial charge in [-0.05, 0) is 44.2 Å². The van der Waals surface area contributed by atoms with Crippen molar-refractivity contribution in [1.29, 1.82) is 0 Å². The number of amides is 1. The standard InChI is InChI=1S/C20H21NO4/c1-13(22)15-7-9-16(10-8-15)25-14(2)20(23)21-18-11-12-24-19-6-4-3-5-17(18)19/h3-10,14,18H,11-12H2,1-2H3,(H,21,23). The maximum atomic E-state index is 12.5. The molecule has 0 aromatic heterocycles. The highest BCUT2D eigenvalue weighted by Gasteiger charge is 2.25. The van der Waals surface area contributed by atoms with Gasteiger partial charge in [0.05, 0.1) is 12.6 Å². The van der Waals surface area contributed by atoms with Gasteiger partial charge in [-0.15, -0.1) is 0 Å². The van der Waals surface area contributed by atoms with Crippen LogP contribution in [0.25, 0.3) is 0 Å². The lowest BCUT2D eigenvalue weighted by Crippen LogP contribution is -2.40. The molecule has 1 heterocycles. The Labute approximate surface area is 147 Å². The van der Waals surface area contributed by atoms with Gasteiger partial charge in [-0.25, -0.2) is 0 Å². The van der Waals surface area contributed by atoms with Crippen molar-refractivity contribution in [3.05, 3.63) is 59.7 Å². The molecule has 1 amide bonds. The van der Waals surface area contributed by atoms with Crippen LogP contribution >= 0.6 is 0 Å². The topological polar surface area (TPSA) is 64.6 Å². The number of hydrogen-bond acceptors (Lipinski definition) is 4. The van der Waals surface area contributed by atoms with Crippen LogP contribution in [0.2, 0.25) is 0 Å². The highest BCUT2D eigenvalue weighted by atomic mass is 16.5. The molecule has 5 heteroatoms. The molecular weight excluding hydrogens is 318 g/mol. The van der Waals surface area contributed by atoms with E-state index in [0.717, 1.165) is 17.7 Å². The summed E-state index contributed by atoms with van der Waals surface area (Å²) >= 11 is 0. The molecule has 2 atom stereocenters. The van der Waals surface area contributed by atoms with Gasteiger partial charge in [0, 0.05) is 17.5 Å². The van der Waals surface area contributed by atoms with Crippen molar-refractivity contribution in [2.75, 3.05) is 6.61 Å². The van der Waals surface area contributed by atoms with Crippen LogP contribution < -0.4 is 14.8 Å². The number of carbonyl (C=O) groups excluding carboxylic acids is 2. The van der Waals surface area contributed by atoms with Gasteiger partial charge in [-0.1, -0.05) is 18.2 Å². The molecule has 0 spiro atoms. The summed E-state index contributed by atoms with van der Waals surface area (Å²) in [5, 5.41) is 3.03. The second kappa shape index (κ2) is 7.38. The van der Waals surface area contributed by atoms with Crippen LogP contribution in [-0.4, -0.2) is 24.4 Å². The number of benzene rings is 2. The van der Waals surface area contributed by atoms with E-state index in [1.165, 1.54) is 6.92 Å². The predicted octanol–water partition coefficient (Wildman–Crippen LogP) is 3.30. The molecule has 1 aliphatic rings. The van der Waals surface area contributed by atoms with E-state index in [9.17, 15) is 9.59 Å². The van der Waals surface area contributed by atoms with E-state index < -0.39 is 6.10 Å². The summed E-state index contributed by atoms with van der Waals surface area (Å²) in [5.41, 5.74) is 1.60. The average molecular weight is 339 g/mol. The van der Waals surface area contributed by atoms with Crippen molar-refractivity contribution in [3.8, 4) is 11.5 Å². The Hall–Kier alpha value is -2.82. The molecule has 0 radical (unpaired) electrons. The number of nitrogens with one attached hydrogen (secondary N) is 1. The monoisotopic (exact) mass is 339 g/mol. The minimum atomic E-state index is -0.641. The molecule has 2 aromatic rings. The molecular formula is C20H21NO4. The van der Waals surface area contributed by atoms with E-state index >= 15 is 0 Å². The molecule has 0 saturated carbocycles.